The number of carbonyl (C=O) groups is 2. The fourth-order valence-corrected chi connectivity index (χ4v) is 9.17. The van der Waals surface area contributed by atoms with Gasteiger partial charge in [-0.15, -0.1) is 0 Å². The predicted molar refractivity (Wildman–Crippen MR) is 212 cm³/mol. The van der Waals surface area contributed by atoms with Gasteiger partial charge in [0.25, 0.3) is 0 Å². The molecule has 0 heterocycles. The third-order valence-corrected chi connectivity index (χ3v) is 11.6. The van der Waals surface area contributed by atoms with E-state index in [1.54, 1.807) is 0 Å². The van der Waals surface area contributed by atoms with E-state index in [-0.39, 0.29) is 27.5 Å². The fourth-order valence-electron chi connectivity index (χ4n) is 4.56. The molecule has 8 heteroatoms. The van der Waals surface area contributed by atoms with Gasteiger partial charge in [0.05, 0.1) is 14.2 Å². The van der Waals surface area contributed by atoms with Crippen LogP contribution in [0.1, 0.15) is 0 Å². The molecule has 6 rings (SSSR count). The van der Waals surface area contributed by atoms with Crippen molar-refractivity contribution in [2.75, 3.05) is 14.2 Å². The molecule has 6 aromatic carbocycles. The number of benzene rings is 6. The molecule has 0 amide bonds. The summed E-state index contributed by atoms with van der Waals surface area (Å²) in [6, 6.07) is 64.7. The molecule has 0 unspecified atom stereocenters. The summed E-state index contributed by atoms with van der Waals surface area (Å²) in [7, 11) is 1.46. The van der Waals surface area contributed by atoms with Gasteiger partial charge in [0.15, 0.2) is 0 Å². The van der Waals surface area contributed by atoms with E-state index in [1.807, 2.05) is 11.8 Å². The van der Waals surface area contributed by atoms with Gasteiger partial charge in [0.1, 0.15) is 0 Å². The zero-order chi connectivity index (χ0) is 35.8. The molecule has 5 nitrogen and oxygen atoms in total. The Morgan fingerprint density at radius 3 is 0.712 bits per heavy atom. The molecule has 0 spiro atoms. The number of hydrogen-bond acceptors (Lipinski definition) is 4. The second-order valence-electron chi connectivity index (χ2n) is 9.92. The van der Waals surface area contributed by atoms with Crippen molar-refractivity contribution < 1.29 is 43.8 Å². The summed E-state index contributed by atoms with van der Waals surface area (Å²) >= 11 is 0. The number of rotatable bonds is 6. The summed E-state index contributed by atoms with van der Waals surface area (Å²) in [4.78, 5) is 20.5. The Morgan fingerprint density at radius 2 is 0.577 bits per heavy atom. The predicted octanol–water partition coefficient (Wildman–Crippen LogP) is 6.64. The van der Waals surface area contributed by atoms with Crippen LogP contribution in [0, 0.1) is 25.9 Å². The smallest absolute Gasteiger partial charge is 0 e. The number of methoxy groups -OCH3 is 2. The van der Waals surface area contributed by atoms with Gasteiger partial charge >= 0.3 is 23.2 Å². The molecule has 1 radical (unpaired) electrons. The Bertz CT molecular complexity index is 1590. The van der Waals surface area contributed by atoms with Crippen molar-refractivity contribution >= 4 is 59.6 Å². The van der Waals surface area contributed by atoms with Gasteiger partial charge in [0.2, 0.25) is 0 Å². The van der Waals surface area contributed by atoms with Crippen molar-refractivity contribution in [3.63, 3.8) is 0 Å². The molecule has 0 N–H and O–H groups in total. The molecule has 0 aliphatic carbocycles. The van der Waals surface area contributed by atoms with Gasteiger partial charge in [-0.2, -0.15) is 0 Å². The fraction of sp³-hybridized carbons (Fsp3) is 0.0455. The molecule has 0 aliphatic heterocycles. The molecule has 0 saturated heterocycles. The Labute approximate surface area is 324 Å². The van der Waals surface area contributed by atoms with Crippen LogP contribution in [0.4, 0.5) is 0 Å². The standard InChI is InChI=1S/2C18H15P.C6H6O4.CO.CH3.Ir/c2*1-4-10-16(11-5-1)19(17-12-6-2-7-13-17)18-14-8-3-9-15-18;1-9-5(7)3-4-6(8)10-2;1-2;;/h2*1-15H;1-2H3;;1H3;/q;;;;-1;. The summed E-state index contributed by atoms with van der Waals surface area (Å²) in [5.74, 6) is 2.28. The molecule has 265 valence electrons. The SMILES string of the molecule is COC(=O)C#CC(=O)OC.[C-]#[O+].[CH3-].[Ir].c1ccc(P(c2ccccc2)c2ccccc2)cc1.c1ccc(P(c2ccccc2)c2ccccc2)cc1. The van der Waals surface area contributed by atoms with Crippen molar-refractivity contribution in [2.45, 2.75) is 0 Å². The normalized spacial score (nSPS) is 9.12. The molecule has 52 heavy (non-hydrogen) atoms. The van der Waals surface area contributed by atoms with E-state index in [1.165, 1.54) is 46.0 Å². The topological polar surface area (TPSA) is 72.5 Å². The first-order valence-corrected chi connectivity index (χ1v) is 18.1. The van der Waals surface area contributed by atoms with Crippen LogP contribution in [0.2, 0.25) is 0 Å². The van der Waals surface area contributed by atoms with E-state index in [2.05, 4.69) is 198 Å². The largest absolute Gasteiger partial charge is 0.358 e. The minimum absolute atomic E-state index is 0. The Hall–Kier alpha value is -4.93. The van der Waals surface area contributed by atoms with Gasteiger partial charge in [-0.05, 0) is 47.7 Å². The minimum Gasteiger partial charge on any atom is -0.358 e. The Kier molecular flexibility index (Phi) is 23.3. The van der Waals surface area contributed by atoms with Crippen LogP contribution in [0.15, 0.2) is 182 Å². The summed E-state index contributed by atoms with van der Waals surface area (Å²) in [5.41, 5.74) is 0. The van der Waals surface area contributed by atoms with Gasteiger partial charge in [-0.25, -0.2) is 9.59 Å². The monoisotopic (exact) mass is 902 g/mol. The number of carbonyl (C=O) groups excluding carboxylic acids is 2. The average molecular weight is 902 g/mol. The Balaban J connectivity index is 0.000000392. The summed E-state index contributed by atoms with van der Waals surface area (Å²) < 4.78 is 15.7. The van der Waals surface area contributed by atoms with E-state index in [0.29, 0.717) is 0 Å². The molecular weight excluding hydrogens is 863 g/mol. The molecule has 6 aromatic rings. The van der Waals surface area contributed by atoms with Crippen molar-refractivity contribution in [3.8, 4) is 11.8 Å². The van der Waals surface area contributed by atoms with Crippen LogP contribution >= 0.6 is 15.8 Å². The van der Waals surface area contributed by atoms with Crippen LogP contribution in [0.25, 0.3) is 0 Å². The molecular formula is C44H39IrO5P2-. The zero-order valence-corrected chi connectivity index (χ0v) is 33.3. The third kappa shape index (κ3) is 15.1. The summed E-state index contributed by atoms with van der Waals surface area (Å²) in [5, 5.41) is 8.39. The van der Waals surface area contributed by atoms with Crippen LogP contribution in [0.5, 0.6) is 0 Å². The first kappa shape index (κ1) is 45.1. The number of hydrogen-bond donors (Lipinski definition) is 0. The van der Waals surface area contributed by atoms with Gasteiger partial charge in [-0.3, -0.25) is 0 Å². The first-order chi connectivity index (χ1) is 24.6. The number of esters is 2. The third-order valence-electron chi connectivity index (χ3n) is 6.72. The van der Waals surface area contributed by atoms with E-state index in [0.717, 1.165) is 0 Å². The average Bonchev–Trinajstić information content (AvgIpc) is 3.21. The van der Waals surface area contributed by atoms with Crippen LogP contribution in [0.3, 0.4) is 0 Å². The molecule has 0 aromatic heterocycles. The minimum atomic E-state index is -0.759. The van der Waals surface area contributed by atoms with Crippen LogP contribution < -0.4 is 31.8 Å². The van der Waals surface area contributed by atoms with Crippen LogP contribution in [-0.2, 0) is 43.8 Å². The van der Waals surface area contributed by atoms with Gasteiger partial charge in [0, 0.05) is 31.9 Å². The molecule has 0 fully saturated rings. The van der Waals surface area contributed by atoms with Gasteiger partial charge < -0.3 is 16.9 Å². The summed E-state index contributed by atoms with van der Waals surface area (Å²) in [6.07, 6.45) is 0. The second-order valence-corrected chi connectivity index (χ2v) is 14.4. The van der Waals surface area contributed by atoms with Crippen molar-refractivity contribution in [1.82, 2.24) is 0 Å². The molecule has 0 bridgehead atoms. The number of ether oxygens (including phenoxy) is 2. The van der Waals surface area contributed by atoms with Crippen LogP contribution in [-0.4, -0.2) is 26.2 Å². The molecule has 0 saturated carbocycles. The van der Waals surface area contributed by atoms with Gasteiger partial charge in [-0.1, -0.05) is 182 Å². The Morgan fingerprint density at radius 1 is 0.423 bits per heavy atom. The zero-order valence-electron chi connectivity index (χ0n) is 29.1. The summed E-state index contributed by atoms with van der Waals surface area (Å²) in [6.45, 7) is 4.50. The van der Waals surface area contributed by atoms with E-state index < -0.39 is 27.8 Å². The first-order valence-electron chi connectivity index (χ1n) is 15.4. The maximum absolute atomic E-state index is 10.2. The molecule has 0 aliphatic rings. The van der Waals surface area contributed by atoms with Crippen molar-refractivity contribution in [1.29, 1.82) is 0 Å². The van der Waals surface area contributed by atoms with E-state index in [4.69, 9.17) is 4.65 Å². The second kappa shape index (κ2) is 26.8. The maximum Gasteiger partial charge on any atom is 0 e. The van der Waals surface area contributed by atoms with Crippen molar-refractivity contribution in [2.24, 2.45) is 0 Å². The van der Waals surface area contributed by atoms with E-state index in [9.17, 15) is 9.59 Å². The maximum atomic E-state index is 10.2. The van der Waals surface area contributed by atoms with Crippen molar-refractivity contribution in [3.05, 3.63) is 196 Å². The quantitative estimate of drug-likeness (QED) is 0.0470. The molecule has 0 atom stereocenters. The van der Waals surface area contributed by atoms with E-state index >= 15 is 0 Å².